The number of piperidine rings is 1. The van der Waals surface area contributed by atoms with Crippen LogP contribution in [0.1, 0.15) is 35.2 Å². The third-order valence-electron chi connectivity index (χ3n) is 4.39. The second-order valence-electron chi connectivity index (χ2n) is 6.31. The summed E-state index contributed by atoms with van der Waals surface area (Å²) in [5.74, 6) is 0.714. The Kier molecular flexibility index (Phi) is 9.25. The first kappa shape index (κ1) is 23.4. The number of aryl methyl sites for hydroxylation is 1. The molecular weight excluding hydrogens is 411 g/mol. The molecule has 2 aromatic rings. The molecule has 150 valence electrons. The minimum atomic E-state index is -0.265. The van der Waals surface area contributed by atoms with Gasteiger partial charge >= 0.3 is 0 Å². The number of rotatable bonds is 5. The average Bonchev–Trinajstić information content (AvgIpc) is 3.18. The van der Waals surface area contributed by atoms with Gasteiger partial charge in [-0.3, -0.25) is 14.9 Å². The minimum Gasteiger partial charge on any atom is -0.469 e. The van der Waals surface area contributed by atoms with Crippen molar-refractivity contribution < 1.29 is 14.0 Å². The zero-order chi connectivity index (χ0) is 17.8. The maximum Gasteiger partial charge on any atom is 0.260 e. The molecule has 3 heterocycles. The van der Waals surface area contributed by atoms with Crippen LogP contribution >= 0.6 is 36.2 Å². The Morgan fingerprint density at radius 2 is 2.19 bits per heavy atom. The largest absolute Gasteiger partial charge is 0.469 e. The molecule has 1 aliphatic heterocycles. The summed E-state index contributed by atoms with van der Waals surface area (Å²) in [5.41, 5.74) is 1.13. The smallest absolute Gasteiger partial charge is 0.260 e. The predicted octanol–water partition coefficient (Wildman–Crippen LogP) is 2.80. The van der Waals surface area contributed by atoms with E-state index >= 15 is 0 Å². The lowest BCUT2D eigenvalue weighted by Gasteiger charge is -2.30. The van der Waals surface area contributed by atoms with E-state index in [9.17, 15) is 9.59 Å². The Morgan fingerprint density at radius 3 is 2.85 bits per heavy atom. The topological polar surface area (TPSA) is 96.3 Å². The fraction of sp³-hybridized carbons (Fsp3) is 0.471. The number of carbonyl (C=O) groups excluding carboxylic acids is 2. The van der Waals surface area contributed by atoms with E-state index in [4.69, 9.17) is 4.42 Å². The standard InChI is InChI=1S/C17H22N4O3S.2ClH/c1-10-3-5-18-8-14(10)20-15(22)7-12-9-25-17(19-12)21-16(23)13-4-6-24-11(13)2;;/h4,6,9-10,14,18H,3,5,7-8H2,1-2H3,(H,20,22)(H,19,21,23);2*1H. The summed E-state index contributed by atoms with van der Waals surface area (Å²) in [4.78, 5) is 28.7. The van der Waals surface area contributed by atoms with Crippen LogP contribution in [0.15, 0.2) is 22.1 Å². The molecule has 0 spiro atoms. The van der Waals surface area contributed by atoms with Gasteiger partial charge in [0.1, 0.15) is 5.76 Å². The summed E-state index contributed by atoms with van der Waals surface area (Å²) in [5, 5.41) is 11.4. The maximum absolute atomic E-state index is 12.2. The lowest BCUT2D eigenvalue weighted by atomic mass is 9.95. The molecule has 3 N–H and O–H groups in total. The van der Waals surface area contributed by atoms with Crippen LogP contribution in [0.5, 0.6) is 0 Å². The van der Waals surface area contributed by atoms with E-state index in [1.165, 1.54) is 17.6 Å². The lowest BCUT2D eigenvalue weighted by molar-refractivity contribution is -0.121. The van der Waals surface area contributed by atoms with Gasteiger partial charge in [0, 0.05) is 18.0 Å². The SMILES string of the molecule is Cc1occc1C(=O)Nc1nc(CC(=O)NC2CNCCC2C)cs1.Cl.Cl. The molecule has 0 bridgehead atoms. The Bertz CT molecular complexity index is 765. The van der Waals surface area contributed by atoms with Crippen molar-refractivity contribution in [1.82, 2.24) is 15.6 Å². The molecule has 1 fully saturated rings. The van der Waals surface area contributed by atoms with Crippen LogP contribution in [-0.2, 0) is 11.2 Å². The quantitative estimate of drug-likeness (QED) is 0.671. The van der Waals surface area contributed by atoms with Gasteiger partial charge in [0.25, 0.3) is 5.91 Å². The molecule has 0 radical (unpaired) electrons. The molecular formula is C17H24Cl2N4O3S. The van der Waals surface area contributed by atoms with Gasteiger partial charge in [0.15, 0.2) is 5.13 Å². The van der Waals surface area contributed by atoms with Crippen molar-refractivity contribution in [1.29, 1.82) is 0 Å². The van der Waals surface area contributed by atoms with Crippen LogP contribution in [0.25, 0.3) is 0 Å². The third-order valence-corrected chi connectivity index (χ3v) is 5.20. The van der Waals surface area contributed by atoms with Crippen molar-refractivity contribution >= 4 is 53.1 Å². The molecule has 2 unspecified atom stereocenters. The summed E-state index contributed by atoms with van der Waals surface area (Å²) in [6.07, 6.45) is 2.74. The molecule has 2 atom stereocenters. The predicted molar refractivity (Wildman–Crippen MR) is 110 cm³/mol. The van der Waals surface area contributed by atoms with Gasteiger partial charge in [-0.25, -0.2) is 4.98 Å². The first-order valence-electron chi connectivity index (χ1n) is 8.33. The second kappa shape index (κ2) is 10.7. The fourth-order valence-corrected chi connectivity index (χ4v) is 3.54. The molecule has 1 aliphatic rings. The number of halogens is 2. The monoisotopic (exact) mass is 434 g/mol. The molecule has 2 amide bonds. The normalized spacial score (nSPS) is 18.7. The highest BCUT2D eigenvalue weighted by Gasteiger charge is 2.23. The minimum absolute atomic E-state index is 0. The number of furan rings is 1. The summed E-state index contributed by atoms with van der Waals surface area (Å²) < 4.78 is 5.13. The van der Waals surface area contributed by atoms with Crippen molar-refractivity contribution in [3.05, 3.63) is 34.7 Å². The highest BCUT2D eigenvalue weighted by atomic mass is 35.5. The van der Waals surface area contributed by atoms with Gasteiger partial charge in [-0.2, -0.15) is 0 Å². The van der Waals surface area contributed by atoms with Crippen LogP contribution in [0.4, 0.5) is 5.13 Å². The van der Waals surface area contributed by atoms with Gasteiger partial charge < -0.3 is 15.1 Å². The Balaban J connectivity index is 0.00000182. The summed E-state index contributed by atoms with van der Waals surface area (Å²) >= 11 is 1.30. The second-order valence-corrected chi connectivity index (χ2v) is 7.17. The van der Waals surface area contributed by atoms with Crippen molar-refractivity contribution in [3.63, 3.8) is 0 Å². The van der Waals surface area contributed by atoms with Crippen molar-refractivity contribution in [2.24, 2.45) is 5.92 Å². The number of carbonyl (C=O) groups is 2. The van der Waals surface area contributed by atoms with Gasteiger partial charge in [-0.15, -0.1) is 36.2 Å². The van der Waals surface area contributed by atoms with E-state index in [1.807, 2.05) is 0 Å². The van der Waals surface area contributed by atoms with Crippen molar-refractivity contribution in [3.8, 4) is 0 Å². The van der Waals surface area contributed by atoms with Gasteiger partial charge in [0.2, 0.25) is 5.91 Å². The van der Waals surface area contributed by atoms with Crippen molar-refractivity contribution in [2.75, 3.05) is 18.4 Å². The summed E-state index contributed by atoms with van der Waals surface area (Å²) in [6, 6.07) is 1.77. The number of amides is 2. The van der Waals surface area contributed by atoms with E-state index < -0.39 is 0 Å². The number of hydrogen-bond donors (Lipinski definition) is 3. The molecule has 1 saturated heterocycles. The highest BCUT2D eigenvalue weighted by Crippen LogP contribution is 2.18. The number of aromatic nitrogens is 1. The molecule has 0 aromatic carbocycles. The average molecular weight is 435 g/mol. The maximum atomic E-state index is 12.2. The van der Waals surface area contributed by atoms with E-state index in [1.54, 1.807) is 18.4 Å². The molecule has 2 aromatic heterocycles. The third kappa shape index (κ3) is 6.21. The Labute approximate surface area is 174 Å². The first-order valence-corrected chi connectivity index (χ1v) is 9.21. The van der Waals surface area contributed by atoms with E-state index in [0.29, 0.717) is 28.1 Å². The van der Waals surface area contributed by atoms with Crippen molar-refractivity contribution in [2.45, 2.75) is 32.7 Å². The number of hydrogen-bond acceptors (Lipinski definition) is 6. The van der Waals surface area contributed by atoms with Gasteiger partial charge in [-0.1, -0.05) is 6.92 Å². The molecule has 0 aliphatic carbocycles. The molecule has 10 heteroatoms. The number of nitrogens with zero attached hydrogens (tertiary/aromatic N) is 1. The Hall–Kier alpha value is -1.61. The van der Waals surface area contributed by atoms with Crippen LogP contribution < -0.4 is 16.0 Å². The first-order chi connectivity index (χ1) is 12.0. The van der Waals surface area contributed by atoms with Crippen LogP contribution in [0, 0.1) is 12.8 Å². The highest BCUT2D eigenvalue weighted by molar-refractivity contribution is 7.14. The number of anilines is 1. The van der Waals surface area contributed by atoms with Crippen LogP contribution in [-0.4, -0.2) is 35.9 Å². The van der Waals surface area contributed by atoms with E-state index in [2.05, 4.69) is 27.9 Å². The van der Waals surface area contributed by atoms with Crippen LogP contribution in [0.2, 0.25) is 0 Å². The fourth-order valence-electron chi connectivity index (χ4n) is 2.84. The zero-order valence-electron chi connectivity index (χ0n) is 15.1. The summed E-state index contributed by atoms with van der Waals surface area (Å²) in [6.45, 7) is 5.68. The molecule has 0 saturated carbocycles. The van der Waals surface area contributed by atoms with E-state index in [-0.39, 0.29) is 49.1 Å². The Morgan fingerprint density at radius 1 is 1.41 bits per heavy atom. The molecule has 27 heavy (non-hydrogen) atoms. The zero-order valence-corrected chi connectivity index (χ0v) is 17.6. The number of nitrogens with one attached hydrogen (secondary N) is 3. The molecule has 3 rings (SSSR count). The molecule has 7 nitrogen and oxygen atoms in total. The summed E-state index contributed by atoms with van der Waals surface area (Å²) in [7, 11) is 0. The van der Waals surface area contributed by atoms with Gasteiger partial charge in [0.05, 0.1) is 23.9 Å². The van der Waals surface area contributed by atoms with Crippen LogP contribution in [0.3, 0.4) is 0 Å². The van der Waals surface area contributed by atoms with E-state index in [0.717, 1.165) is 19.5 Å². The number of thiazole rings is 1. The van der Waals surface area contributed by atoms with Gasteiger partial charge in [-0.05, 0) is 31.9 Å². The lowest BCUT2D eigenvalue weighted by Crippen LogP contribution is -2.50.